The Hall–Kier alpha value is -1.73. The number of thioether (sulfide) groups is 1. The van der Waals surface area contributed by atoms with Crippen molar-refractivity contribution in [3.8, 4) is 0 Å². The fraction of sp³-hybridized carbons (Fsp3) is 0.267. The Labute approximate surface area is 137 Å². The lowest BCUT2D eigenvalue weighted by Gasteiger charge is -2.26. The molecule has 0 aromatic heterocycles. The number of halogens is 1. The van der Waals surface area contributed by atoms with Gasteiger partial charge in [0, 0.05) is 5.56 Å². The maximum absolute atomic E-state index is 13.7. The highest BCUT2D eigenvalue weighted by Gasteiger charge is 2.41. The predicted molar refractivity (Wildman–Crippen MR) is 87.7 cm³/mol. The molecule has 1 amide bonds. The summed E-state index contributed by atoms with van der Waals surface area (Å²) in [4.78, 5) is 25.2. The van der Waals surface area contributed by atoms with Gasteiger partial charge in [-0.3, -0.25) is 9.69 Å². The van der Waals surface area contributed by atoms with Crippen LogP contribution in [-0.4, -0.2) is 32.2 Å². The third-order valence-corrected chi connectivity index (χ3v) is 4.51. The predicted octanol–water partition coefficient (Wildman–Crippen LogP) is 3.14. The third kappa shape index (κ3) is 3.20. The Morgan fingerprint density at radius 2 is 2.05 bits per heavy atom. The lowest BCUT2D eigenvalue weighted by atomic mass is 10.0. The number of amides is 1. The molecule has 1 saturated heterocycles. The fourth-order valence-corrected chi connectivity index (χ4v) is 3.47. The number of nitrogens with zero attached hydrogens (tertiary/aromatic N) is 1. The van der Waals surface area contributed by atoms with Crippen molar-refractivity contribution >= 4 is 46.3 Å². The van der Waals surface area contributed by atoms with E-state index in [9.17, 15) is 19.1 Å². The van der Waals surface area contributed by atoms with Crippen molar-refractivity contribution in [3.63, 3.8) is 0 Å². The normalized spacial score (nSPS) is 18.4. The van der Waals surface area contributed by atoms with Gasteiger partial charge in [0.05, 0.1) is 4.91 Å². The number of rotatable bonds is 4. The number of hydrogen-bond donors (Lipinski definition) is 1. The van der Waals surface area contributed by atoms with Crippen LogP contribution in [0.1, 0.15) is 19.4 Å². The quantitative estimate of drug-likeness (QED) is 0.675. The number of carbonyl (C=O) groups excluding carboxylic acids is 1. The number of carboxylic acid groups (broad SMARTS) is 1. The number of carbonyl (C=O) groups is 2. The SMILES string of the molecule is CC(C)C(C(=O)O)N1C(=O)C(=Cc2ccccc2F)SC1=S. The van der Waals surface area contributed by atoms with Gasteiger partial charge >= 0.3 is 5.97 Å². The second-order valence-electron chi connectivity index (χ2n) is 5.10. The van der Waals surface area contributed by atoms with Crippen LogP contribution in [-0.2, 0) is 9.59 Å². The topological polar surface area (TPSA) is 57.6 Å². The Bertz CT molecular complexity index is 673. The van der Waals surface area contributed by atoms with E-state index >= 15 is 0 Å². The van der Waals surface area contributed by atoms with Crippen LogP contribution >= 0.6 is 24.0 Å². The summed E-state index contributed by atoms with van der Waals surface area (Å²) in [5.41, 5.74) is 0.263. The molecule has 4 nitrogen and oxygen atoms in total. The highest BCUT2D eigenvalue weighted by Crippen LogP contribution is 2.35. The first-order valence-electron chi connectivity index (χ1n) is 6.57. The molecule has 1 aliphatic rings. The van der Waals surface area contributed by atoms with Crippen molar-refractivity contribution in [1.82, 2.24) is 4.90 Å². The van der Waals surface area contributed by atoms with Crippen molar-refractivity contribution < 1.29 is 19.1 Å². The lowest BCUT2D eigenvalue weighted by molar-refractivity contribution is -0.146. The van der Waals surface area contributed by atoms with Gasteiger partial charge in [0.2, 0.25) is 0 Å². The molecule has 0 radical (unpaired) electrons. The van der Waals surface area contributed by atoms with Crippen LogP contribution in [0.3, 0.4) is 0 Å². The van der Waals surface area contributed by atoms with E-state index in [1.807, 2.05) is 0 Å². The van der Waals surface area contributed by atoms with Crippen LogP contribution < -0.4 is 0 Å². The van der Waals surface area contributed by atoms with E-state index in [1.54, 1.807) is 32.0 Å². The highest BCUT2D eigenvalue weighted by atomic mass is 32.2. The summed E-state index contributed by atoms with van der Waals surface area (Å²) in [6, 6.07) is 5.01. The van der Waals surface area contributed by atoms with Crippen molar-refractivity contribution in [3.05, 3.63) is 40.6 Å². The molecule has 1 N–H and O–H groups in total. The monoisotopic (exact) mass is 339 g/mol. The Kier molecular flexibility index (Phi) is 4.97. The first-order valence-corrected chi connectivity index (χ1v) is 7.79. The summed E-state index contributed by atoms with van der Waals surface area (Å²) in [7, 11) is 0. The molecule has 0 bridgehead atoms. The van der Waals surface area contributed by atoms with Gasteiger partial charge in [0.15, 0.2) is 0 Å². The zero-order chi connectivity index (χ0) is 16.4. The number of benzene rings is 1. The lowest BCUT2D eigenvalue weighted by Crippen LogP contribution is -2.47. The molecule has 1 fully saturated rings. The molecule has 1 aromatic carbocycles. The number of carboxylic acids is 1. The minimum Gasteiger partial charge on any atom is -0.480 e. The van der Waals surface area contributed by atoms with Gasteiger partial charge < -0.3 is 5.11 Å². The van der Waals surface area contributed by atoms with Crippen molar-refractivity contribution in [2.75, 3.05) is 0 Å². The molecule has 2 rings (SSSR count). The molecule has 0 saturated carbocycles. The van der Waals surface area contributed by atoms with Crippen LogP contribution in [0, 0.1) is 11.7 Å². The largest absolute Gasteiger partial charge is 0.480 e. The molecule has 1 aliphatic heterocycles. The summed E-state index contributed by atoms with van der Waals surface area (Å²) in [5, 5.41) is 9.32. The first-order chi connectivity index (χ1) is 10.3. The van der Waals surface area contributed by atoms with E-state index < -0.39 is 23.7 Å². The second kappa shape index (κ2) is 6.58. The van der Waals surface area contributed by atoms with Gasteiger partial charge in [-0.15, -0.1) is 0 Å². The second-order valence-corrected chi connectivity index (χ2v) is 6.78. The standard InChI is InChI=1S/C15H14FNO3S2/c1-8(2)12(14(19)20)17-13(18)11(22-15(17)21)7-9-5-3-4-6-10(9)16/h3-8,12H,1-2H3,(H,19,20). The van der Waals surface area contributed by atoms with Gasteiger partial charge in [0.1, 0.15) is 16.2 Å². The Morgan fingerprint density at radius 1 is 1.41 bits per heavy atom. The van der Waals surface area contributed by atoms with Gasteiger partial charge in [0.25, 0.3) is 5.91 Å². The number of hydrogen-bond acceptors (Lipinski definition) is 4. The maximum Gasteiger partial charge on any atom is 0.327 e. The van der Waals surface area contributed by atoms with E-state index in [1.165, 1.54) is 12.1 Å². The fourth-order valence-electron chi connectivity index (χ4n) is 2.15. The summed E-state index contributed by atoms with van der Waals surface area (Å²) in [6.45, 7) is 3.41. The van der Waals surface area contributed by atoms with Crippen LogP contribution in [0.2, 0.25) is 0 Å². The zero-order valence-corrected chi connectivity index (χ0v) is 13.6. The number of aliphatic carboxylic acids is 1. The molecule has 116 valence electrons. The summed E-state index contributed by atoms with van der Waals surface area (Å²) < 4.78 is 13.8. The summed E-state index contributed by atoms with van der Waals surface area (Å²) in [6.07, 6.45) is 1.40. The van der Waals surface area contributed by atoms with Gasteiger partial charge in [-0.25, -0.2) is 9.18 Å². The van der Waals surface area contributed by atoms with Gasteiger partial charge in [-0.05, 0) is 18.1 Å². The molecule has 7 heteroatoms. The van der Waals surface area contributed by atoms with Crippen molar-refractivity contribution in [2.24, 2.45) is 5.92 Å². The van der Waals surface area contributed by atoms with Crippen LogP contribution in [0.25, 0.3) is 6.08 Å². The summed E-state index contributed by atoms with van der Waals surface area (Å²) >= 11 is 6.12. The van der Waals surface area contributed by atoms with E-state index in [0.717, 1.165) is 16.7 Å². The summed E-state index contributed by atoms with van der Waals surface area (Å²) in [5.74, 6) is -2.36. The van der Waals surface area contributed by atoms with Gasteiger partial charge in [-0.2, -0.15) is 0 Å². The first kappa shape index (κ1) is 16.6. The Balaban J connectivity index is 2.37. The van der Waals surface area contributed by atoms with E-state index in [4.69, 9.17) is 12.2 Å². The molecule has 1 heterocycles. The average Bonchev–Trinajstić information content (AvgIpc) is 2.69. The molecular weight excluding hydrogens is 325 g/mol. The van der Waals surface area contributed by atoms with Crippen LogP contribution in [0.15, 0.2) is 29.2 Å². The van der Waals surface area contributed by atoms with Crippen molar-refractivity contribution in [1.29, 1.82) is 0 Å². The average molecular weight is 339 g/mol. The van der Waals surface area contributed by atoms with Crippen LogP contribution in [0.5, 0.6) is 0 Å². The Morgan fingerprint density at radius 3 is 2.59 bits per heavy atom. The molecule has 0 spiro atoms. The molecule has 1 atom stereocenters. The molecule has 1 unspecified atom stereocenters. The molecule has 22 heavy (non-hydrogen) atoms. The van der Waals surface area contributed by atoms with Gasteiger partial charge in [-0.1, -0.05) is 56.0 Å². The van der Waals surface area contributed by atoms with E-state index in [0.29, 0.717) is 0 Å². The molecular formula is C15H14FNO3S2. The van der Waals surface area contributed by atoms with Crippen molar-refractivity contribution in [2.45, 2.75) is 19.9 Å². The van der Waals surface area contributed by atoms with E-state index in [-0.39, 0.29) is 20.7 Å². The number of thiocarbonyl (C=S) groups is 1. The minimum atomic E-state index is -1.11. The van der Waals surface area contributed by atoms with Crippen LogP contribution in [0.4, 0.5) is 4.39 Å². The third-order valence-electron chi connectivity index (χ3n) is 3.18. The maximum atomic E-state index is 13.7. The zero-order valence-electron chi connectivity index (χ0n) is 11.9. The van der Waals surface area contributed by atoms with E-state index in [2.05, 4.69) is 0 Å². The smallest absolute Gasteiger partial charge is 0.327 e. The highest BCUT2D eigenvalue weighted by molar-refractivity contribution is 8.26. The molecule has 0 aliphatic carbocycles. The minimum absolute atomic E-state index is 0.175. The molecule has 1 aromatic rings.